The lowest BCUT2D eigenvalue weighted by Crippen LogP contribution is -2.26. The average molecular weight is 180 g/mol. The van der Waals surface area contributed by atoms with Crippen LogP contribution in [0.2, 0.25) is 6.04 Å². The van der Waals surface area contributed by atoms with E-state index in [0.717, 1.165) is 6.61 Å². The van der Waals surface area contributed by atoms with Crippen molar-refractivity contribution in [3.63, 3.8) is 0 Å². The molecule has 0 N–H and O–H groups in total. The van der Waals surface area contributed by atoms with Gasteiger partial charge in [0.1, 0.15) is 0 Å². The molecule has 1 heterocycles. The third-order valence-corrected chi connectivity index (χ3v) is 5.52. The Kier molecular flexibility index (Phi) is 2.79. The summed E-state index contributed by atoms with van der Waals surface area (Å²) in [6, 6.07) is 1.37. The van der Waals surface area contributed by atoms with Gasteiger partial charge in [-0.3, -0.25) is 0 Å². The molecule has 0 aromatic rings. The molecule has 0 amide bonds. The van der Waals surface area contributed by atoms with Crippen molar-refractivity contribution in [3.8, 4) is 0 Å². The smallest absolute Gasteiger partial charge is 0.204 e. The van der Waals surface area contributed by atoms with Crippen molar-refractivity contribution in [2.24, 2.45) is 0 Å². The van der Waals surface area contributed by atoms with E-state index < -0.39 is 9.04 Å². The van der Waals surface area contributed by atoms with Gasteiger partial charge in [-0.05, 0) is 25.3 Å². The van der Waals surface area contributed by atoms with Gasteiger partial charge in [-0.15, -0.1) is 0 Å². The average Bonchev–Trinajstić information content (AvgIpc) is 2.21. The Labute approximate surface area is 75.8 Å². The predicted octanol–water partition coefficient (Wildman–Crippen LogP) is 2.34. The largest absolute Gasteiger partial charge is 0.416 e. The van der Waals surface area contributed by atoms with Crippen LogP contribution >= 0.6 is 0 Å². The number of rotatable bonds is 1. The van der Waals surface area contributed by atoms with Crippen molar-refractivity contribution in [1.29, 1.82) is 0 Å². The second-order valence-corrected chi connectivity index (χ2v) is 6.19. The maximum absolute atomic E-state index is 5.85. The molecule has 0 saturated carbocycles. The van der Waals surface area contributed by atoms with Crippen LogP contribution in [0.1, 0.15) is 25.7 Å². The van der Waals surface area contributed by atoms with Gasteiger partial charge in [0.15, 0.2) is 0 Å². The van der Waals surface area contributed by atoms with E-state index in [0.29, 0.717) is 0 Å². The van der Waals surface area contributed by atoms with Crippen molar-refractivity contribution in [1.82, 2.24) is 0 Å². The van der Waals surface area contributed by atoms with Crippen LogP contribution in [-0.2, 0) is 4.43 Å². The van der Waals surface area contributed by atoms with Crippen molar-refractivity contribution < 1.29 is 4.43 Å². The Bertz CT molecular complexity index is 202. The van der Waals surface area contributed by atoms with E-state index in [2.05, 4.69) is 18.2 Å². The van der Waals surface area contributed by atoms with Gasteiger partial charge in [-0.1, -0.05) is 29.8 Å². The highest BCUT2D eigenvalue weighted by molar-refractivity contribution is 6.60. The molecule has 2 rings (SSSR count). The summed E-state index contributed by atoms with van der Waals surface area (Å²) in [4.78, 5) is 0. The van der Waals surface area contributed by atoms with Gasteiger partial charge in [-0.2, -0.15) is 0 Å². The summed E-state index contributed by atoms with van der Waals surface area (Å²) >= 11 is 0. The van der Waals surface area contributed by atoms with Crippen LogP contribution in [0.15, 0.2) is 23.4 Å². The molecular formula is C10H16OSi. The van der Waals surface area contributed by atoms with Gasteiger partial charge < -0.3 is 4.43 Å². The fourth-order valence-corrected chi connectivity index (χ4v) is 4.60. The molecule has 1 nitrogen and oxygen atoms in total. The monoisotopic (exact) mass is 180 g/mol. The zero-order valence-corrected chi connectivity index (χ0v) is 8.61. The summed E-state index contributed by atoms with van der Waals surface area (Å²) in [5, 5.41) is 1.65. The second-order valence-electron chi connectivity index (χ2n) is 3.56. The minimum Gasteiger partial charge on any atom is -0.416 e. The highest BCUT2D eigenvalue weighted by Crippen LogP contribution is 2.22. The minimum absolute atomic E-state index is 0.898. The third kappa shape index (κ3) is 1.87. The molecule has 0 aromatic heterocycles. The Morgan fingerprint density at radius 1 is 1.33 bits per heavy atom. The maximum atomic E-state index is 5.85. The first-order valence-corrected chi connectivity index (χ1v) is 6.80. The van der Waals surface area contributed by atoms with Gasteiger partial charge >= 0.3 is 0 Å². The lowest BCUT2D eigenvalue weighted by atomic mass is 10.2. The van der Waals surface area contributed by atoms with Gasteiger partial charge in [-0.25, -0.2) is 0 Å². The van der Waals surface area contributed by atoms with E-state index in [-0.39, 0.29) is 0 Å². The second kappa shape index (κ2) is 4.05. The summed E-state index contributed by atoms with van der Waals surface area (Å²) in [6.07, 6.45) is 11.9. The van der Waals surface area contributed by atoms with Gasteiger partial charge in [0.05, 0.1) is 0 Å². The Morgan fingerprint density at radius 3 is 3.00 bits per heavy atom. The molecule has 1 saturated heterocycles. The topological polar surface area (TPSA) is 9.23 Å². The van der Waals surface area contributed by atoms with Crippen molar-refractivity contribution in [3.05, 3.63) is 23.4 Å². The first-order chi connectivity index (χ1) is 5.97. The minimum atomic E-state index is -0.898. The zero-order chi connectivity index (χ0) is 8.23. The summed E-state index contributed by atoms with van der Waals surface area (Å²) in [5.74, 6) is 0. The fourth-order valence-electron chi connectivity index (χ4n) is 1.92. The van der Waals surface area contributed by atoms with Crippen molar-refractivity contribution in [2.45, 2.75) is 31.7 Å². The normalized spacial score (nSPS) is 30.0. The van der Waals surface area contributed by atoms with E-state index in [1.807, 2.05) is 0 Å². The molecule has 12 heavy (non-hydrogen) atoms. The Balaban J connectivity index is 1.97. The third-order valence-electron chi connectivity index (χ3n) is 2.64. The van der Waals surface area contributed by atoms with E-state index in [4.69, 9.17) is 4.43 Å². The van der Waals surface area contributed by atoms with Gasteiger partial charge in [0.2, 0.25) is 9.04 Å². The van der Waals surface area contributed by atoms with Crippen LogP contribution in [0.25, 0.3) is 0 Å². The lowest BCUT2D eigenvalue weighted by Gasteiger charge is -2.24. The first-order valence-electron chi connectivity index (χ1n) is 4.94. The van der Waals surface area contributed by atoms with Crippen LogP contribution < -0.4 is 0 Å². The van der Waals surface area contributed by atoms with Crippen LogP contribution in [0.4, 0.5) is 0 Å². The Hall–Kier alpha value is -0.343. The Morgan fingerprint density at radius 2 is 2.33 bits per heavy atom. The summed E-state index contributed by atoms with van der Waals surface area (Å²) in [7, 11) is -0.898. The summed E-state index contributed by atoms with van der Waals surface area (Å²) in [5.41, 5.74) is 0. The molecule has 0 radical (unpaired) electrons. The molecule has 1 aliphatic carbocycles. The molecule has 2 heteroatoms. The van der Waals surface area contributed by atoms with Gasteiger partial charge in [0.25, 0.3) is 0 Å². The molecule has 1 atom stereocenters. The van der Waals surface area contributed by atoms with Gasteiger partial charge in [0, 0.05) is 6.61 Å². The van der Waals surface area contributed by atoms with Crippen LogP contribution in [0.3, 0.4) is 0 Å². The molecule has 1 fully saturated rings. The zero-order valence-electron chi connectivity index (χ0n) is 7.46. The van der Waals surface area contributed by atoms with Crippen LogP contribution in [-0.4, -0.2) is 15.6 Å². The lowest BCUT2D eigenvalue weighted by molar-refractivity contribution is 0.291. The van der Waals surface area contributed by atoms with E-state index in [9.17, 15) is 0 Å². The van der Waals surface area contributed by atoms with Crippen molar-refractivity contribution >= 4 is 9.04 Å². The van der Waals surface area contributed by atoms with Crippen LogP contribution in [0, 0.1) is 0 Å². The quantitative estimate of drug-likeness (QED) is 0.563. The highest BCUT2D eigenvalue weighted by Gasteiger charge is 2.20. The van der Waals surface area contributed by atoms with E-state index >= 15 is 0 Å². The first kappa shape index (κ1) is 8.26. The summed E-state index contributed by atoms with van der Waals surface area (Å²) in [6.45, 7) is 1.03. The number of hydrogen-bond donors (Lipinski definition) is 0. The molecule has 2 aliphatic rings. The van der Waals surface area contributed by atoms with Crippen LogP contribution in [0.5, 0.6) is 0 Å². The van der Waals surface area contributed by atoms with Crippen molar-refractivity contribution in [2.75, 3.05) is 6.61 Å². The molecule has 0 spiro atoms. The van der Waals surface area contributed by atoms with E-state index in [1.165, 1.54) is 31.7 Å². The molecule has 1 unspecified atom stereocenters. The maximum Gasteiger partial charge on any atom is 0.204 e. The number of hydrogen-bond acceptors (Lipinski definition) is 1. The highest BCUT2D eigenvalue weighted by atomic mass is 28.3. The SMILES string of the molecule is C1=CCCC([SiH]2CCCCO2)=C1. The molecule has 1 aliphatic heterocycles. The predicted molar refractivity (Wildman–Crippen MR) is 53.6 cm³/mol. The molecule has 0 bridgehead atoms. The summed E-state index contributed by atoms with van der Waals surface area (Å²) < 4.78 is 5.85. The fraction of sp³-hybridized carbons (Fsp3) is 0.600. The molecule has 66 valence electrons. The molecule has 0 aromatic carbocycles. The standard InChI is InChI=1S/C10H16OSi/c1-2-6-10(7-3-1)12-9-5-4-8-11-12/h1-2,6,12H,3-5,7-9H2. The molecular weight excluding hydrogens is 164 g/mol. The van der Waals surface area contributed by atoms with E-state index in [1.54, 1.807) is 5.20 Å². The number of allylic oxidation sites excluding steroid dienone is 4.